The van der Waals surface area contributed by atoms with Crippen molar-refractivity contribution in [3.63, 3.8) is 0 Å². The van der Waals surface area contributed by atoms with Crippen molar-refractivity contribution in [1.82, 2.24) is 25.0 Å². The molecule has 1 aliphatic rings. The first-order valence-electron chi connectivity index (χ1n) is 17.5. The monoisotopic (exact) mass is 382 g/mol. The number of H-pyrrole nitrogens is 1. The number of carbonyl (C=O) groups is 1. The Morgan fingerprint density at radius 3 is 3.15 bits per heavy atom. The summed E-state index contributed by atoms with van der Waals surface area (Å²) in [6.07, 6.45) is -11.9. The number of nitrogens with zero attached hydrogens (tertiary/aromatic N) is 3. The van der Waals surface area contributed by atoms with Gasteiger partial charge in [0.1, 0.15) is 17.0 Å². The number of likely N-dealkylation sites (tertiary alicyclic amines) is 1. The van der Waals surface area contributed by atoms with Crippen molar-refractivity contribution < 1.29 is 37.4 Å². The summed E-state index contributed by atoms with van der Waals surface area (Å²) in [6, 6.07) is -3.85. The van der Waals surface area contributed by atoms with Crippen LogP contribution in [0.3, 0.4) is 0 Å². The first-order valence-corrected chi connectivity index (χ1v) is 7.12. The Hall–Kier alpha value is -2.35. The summed E-state index contributed by atoms with van der Waals surface area (Å²) in [5, 5.41) is 8.74. The van der Waals surface area contributed by atoms with E-state index in [4.69, 9.17) is 28.9 Å². The first-order chi connectivity index (χ1) is 20.7. The fraction of sp³-hybridized carbons (Fsp3) is 0.611. The second-order valence-electron chi connectivity index (χ2n) is 4.90. The maximum atomic E-state index is 13.7. The van der Waals surface area contributed by atoms with Gasteiger partial charge in [0.05, 0.1) is 13.0 Å². The van der Waals surface area contributed by atoms with Crippen LogP contribution < -0.4 is 10.9 Å². The van der Waals surface area contributed by atoms with Gasteiger partial charge in [0.2, 0.25) is 0 Å². The molecule has 0 aliphatic carbocycles. The third kappa shape index (κ3) is 3.60. The average Bonchev–Trinajstić information content (AvgIpc) is 3.37. The zero-order valence-corrected chi connectivity index (χ0v) is 13.0. The van der Waals surface area contributed by atoms with E-state index in [2.05, 4.69) is 15.3 Å². The third-order valence-corrected chi connectivity index (χ3v) is 3.30. The molecule has 142 valence electrons. The van der Waals surface area contributed by atoms with Crippen LogP contribution in [-0.2, 0) is 0 Å². The van der Waals surface area contributed by atoms with Crippen molar-refractivity contribution in [2.75, 3.05) is 26.0 Å². The standard InChI is InChI=1S/C18H27N5O3/c1-12(2)23-16-13(11-20-21-16)15(24)14(18(23)26)17(25)19-7-6-10-22-8-4-3-5-9-22/h11-12,24H,3-10H2,1-2H3,(H,19,25)(H,20,21)/i1D3,2D3,3D2,4D2,5D2,7D2,8D2,9D2,12D/hD2. The smallest absolute Gasteiger partial charge is 0.293 e. The van der Waals surface area contributed by atoms with Gasteiger partial charge in [-0.25, -0.2) is 0 Å². The van der Waals surface area contributed by atoms with Crippen LogP contribution in [0, 0.1) is 0 Å². The number of nitrogens with one attached hydrogen (secondary N) is 2. The van der Waals surface area contributed by atoms with Gasteiger partial charge in [0.25, 0.3) is 12.9 Å². The van der Waals surface area contributed by atoms with Gasteiger partial charge in [-0.15, -0.1) is 0 Å². The van der Waals surface area contributed by atoms with E-state index >= 15 is 0 Å². The van der Waals surface area contributed by atoms with E-state index in [1.165, 1.54) is 0 Å². The van der Waals surface area contributed by atoms with Gasteiger partial charge in [0, 0.05) is 37.2 Å². The lowest BCUT2D eigenvalue weighted by Gasteiger charge is -2.26. The normalized spacial score (nSPS) is 39.0. The molecule has 3 rings (SSSR count). The van der Waals surface area contributed by atoms with Crippen LogP contribution in [0.15, 0.2) is 11.0 Å². The molecule has 0 bridgehead atoms. The molecule has 0 atom stereocenters. The Labute approximate surface area is 181 Å². The molecule has 1 saturated heterocycles. The molecule has 3 heterocycles. The van der Waals surface area contributed by atoms with Gasteiger partial charge in [-0.2, -0.15) is 5.10 Å². The maximum Gasteiger partial charge on any atom is 0.293 e. The van der Waals surface area contributed by atoms with Crippen molar-refractivity contribution >= 4 is 16.9 Å². The maximum absolute atomic E-state index is 13.7. The second-order valence-corrected chi connectivity index (χ2v) is 4.90. The van der Waals surface area contributed by atoms with Crippen LogP contribution in [0.2, 0.25) is 1.41 Å². The summed E-state index contributed by atoms with van der Waals surface area (Å²) >= 11 is 0. The van der Waals surface area contributed by atoms with E-state index in [9.17, 15) is 9.59 Å². The number of fused-ring (bicyclic) bond motifs is 1. The molecule has 0 radical (unpaired) electrons. The summed E-state index contributed by atoms with van der Waals surface area (Å²) in [5.41, 5.74) is -4.27. The number of pyridine rings is 1. The highest BCUT2D eigenvalue weighted by atomic mass is 16.3. The molecule has 1 aliphatic heterocycles. The van der Waals surface area contributed by atoms with Gasteiger partial charge < -0.3 is 15.3 Å². The lowest BCUT2D eigenvalue weighted by atomic mass is 10.1. The minimum Gasteiger partial charge on any atom is -0.506 e. The number of amides is 1. The lowest BCUT2D eigenvalue weighted by molar-refractivity contribution is 0.0946. The average molecular weight is 383 g/mol. The lowest BCUT2D eigenvalue weighted by Crippen LogP contribution is -2.36. The predicted molar refractivity (Wildman–Crippen MR) is 99.6 cm³/mol. The number of aromatic hydroxyl groups is 1. The minimum absolute atomic E-state index is 0.151. The van der Waals surface area contributed by atoms with E-state index < -0.39 is 110 Å². The Bertz CT molecular complexity index is 1560. The van der Waals surface area contributed by atoms with Crippen molar-refractivity contribution in [2.24, 2.45) is 0 Å². The molecule has 26 heavy (non-hydrogen) atoms. The molecule has 1 fully saturated rings. The van der Waals surface area contributed by atoms with Crippen molar-refractivity contribution in [1.29, 1.82) is 1.43 Å². The first kappa shape index (κ1) is 5.58. The number of piperidine rings is 1. The fourth-order valence-electron chi connectivity index (χ4n) is 2.17. The summed E-state index contributed by atoms with van der Waals surface area (Å²) in [7, 11) is 0. The van der Waals surface area contributed by atoms with E-state index in [1.807, 2.05) is 0 Å². The van der Waals surface area contributed by atoms with Crippen molar-refractivity contribution in [3.8, 4) is 5.75 Å². The van der Waals surface area contributed by atoms with E-state index in [1.54, 1.807) is 0 Å². The number of aromatic nitrogens is 3. The van der Waals surface area contributed by atoms with Gasteiger partial charge in [-0.1, -0.05) is 6.37 Å². The topological polar surface area (TPSA) is 103 Å². The molecule has 0 aromatic carbocycles. The molecular weight excluding hydrogens is 334 g/mol. The molecular formula is C18H27N5O3. The zero-order chi connectivity index (χ0) is 36.9. The summed E-state index contributed by atoms with van der Waals surface area (Å²) in [5.74, 6) is -3.09. The molecule has 2 aromatic rings. The van der Waals surface area contributed by atoms with E-state index in [-0.39, 0.29) is 9.47 Å². The Morgan fingerprint density at radius 1 is 1.62 bits per heavy atom. The Kier molecular flexibility index (Phi) is 1.69. The number of carbonyl (C=O) groups excluding carboxylic acids is 1. The van der Waals surface area contributed by atoms with Crippen LogP contribution in [0.5, 0.6) is 5.75 Å². The summed E-state index contributed by atoms with van der Waals surface area (Å²) < 4.78 is 167. The quantitative estimate of drug-likeness (QED) is 0.675. The molecule has 3 N–H and O–H groups in total. The van der Waals surface area contributed by atoms with Gasteiger partial charge in [-0.3, -0.25) is 19.3 Å². The number of hydrogen-bond acceptors (Lipinski definition) is 5. The number of rotatable bonds is 7. The third-order valence-electron chi connectivity index (χ3n) is 3.30. The Morgan fingerprint density at radius 2 is 2.42 bits per heavy atom. The van der Waals surface area contributed by atoms with E-state index in [0.29, 0.717) is 0 Å². The van der Waals surface area contributed by atoms with Crippen molar-refractivity contribution in [3.05, 3.63) is 22.1 Å². The molecule has 8 heteroatoms. The molecule has 0 saturated carbocycles. The SMILES string of the molecule is [2H]Oc1c(C(=O)N([2H])C([2H])([2H])CCN2C([2H])([2H])C([2H])([2H])C([2H])([2H])C([2H])([2H])C2([2H])[2H])c(=O)n(C([2H])(C([2H])([2H])[2H])C([2H])([2H])[2H])c2[nH]ncc12. The largest absolute Gasteiger partial charge is 0.506 e. The second kappa shape index (κ2) is 7.90. The molecule has 0 spiro atoms. The number of aromatic amines is 1. The molecule has 2 aromatic heterocycles. The van der Waals surface area contributed by atoms with Crippen LogP contribution in [0.1, 0.15) is 81.7 Å². The predicted octanol–water partition coefficient (Wildman–Crippen LogP) is 1.62. The molecule has 1 amide bonds. The van der Waals surface area contributed by atoms with Gasteiger partial charge >= 0.3 is 0 Å². The highest BCUT2D eigenvalue weighted by Gasteiger charge is 2.24. The van der Waals surface area contributed by atoms with Gasteiger partial charge in [0.15, 0.2) is 1.41 Å². The van der Waals surface area contributed by atoms with E-state index in [0.717, 1.165) is 6.20 Å². The highest BCUT2D eigenvalue weighted by molar-refractivity contribution is 6.01. The Balaban J connectivity index is 2.17. The highest BCUT2D eigenvalue weighted by Crippen LogP contribution is 2.26. The summed E-state index contributed by atoms with van der Waals surface area (Å²) in [4.78, 5) is 27.1. The van der Waals surface area contributed by atoms with Gasteiger partial charge in [-0.05, 0) is 52.4 Å². The minimum atomic E-state index is -3.85. The molecule has 8 nitrogen and oxygen atoms in total. The van der Waals surface area contributed by atoms with Crippen LogP contribution in [-0.4, -0.2) is 58.1 Å². The summed E-state index contributed by atoms with van der Waals surface area (Å²) in [6.45, 7) is -19.7. The number of hydrogen-bond donors (Lipinski definition) is 3. The van der Waals surface area contributed by atoms with Crippen LogP contribution >= 0.6 is 0 Å². The molecule has 0 unspecified atom stereocenters. The van der Waals surface area contributed by atoms with Crippen molar-refractivity contribution in [2.45, 2.75) is 45.3 Å². The fourth-order valence-corrected chi connectivity index (χ4v) is 2.17. The van der Waals surface area contributed by atoms with Crippen LogP contribution in [0.4, 0.5) is 0 Å². The van der Waals surface area contributed by atoms with Crippen LogP contribution in [0.25, 0.3) is 11.0 Å². The zero-order valence-electron chi connectivity index (χ0n) is 34.0.